The van der Waals surface area contributed by atoms with Crippen molar-refractivity contribution in [2.75, 3.05) is 19.6 Å². The van der Waals surface area contributed by atoms with Crippen LogP contribution in [0.3, 0.4) is 0 Å². The molecule has 0 radical (unpaired) electrons. The molecule has 1 aliphatic heterocycles. The molecule has 2 aliphatic rings. The third-order valence-electron chi connectivity index (χ3n) is 5.24. The molecule has 1 aromatic rings. The van der Waals surface area contributed by atoms with E-state index in [9.17, 15) is 18.0 Å². The first-order valence-corrected chi connectivity index (χ1v) is 9.16. The quantitative estimate of drug-likeness (QED) is 0.865. The minimum atomic E-state index is -2.70. The summed E-state index contributed by atoms with van der Waals surface area (Å²) in [6, 6.07) is 5.55. The van der Waals surface area contributed by atoms with E-state index in [1.807, 2.05) is 6.07 Å². The summed E-state index contributed by atoms with van der Waals surface area (Å²) in [6.07, 6.45) is 1.61. The van der Waals surface area contributed by atoms with Gasteiger partial charge >= 0.3 is 6.03 Å². The van der Waals surface area contributed by atoms with Crippen LogP contribution in [-0.4, -0.2) is 42.6 Å². The summed E-state index contributed by atoms with van der Waals surface area (Å²) in [4.78, 5) is 13.8. The summed E-state index contributed by atoms with van der Waals surface area (Å²) in [5.41, 5.74) is 0.221. The lowest BCUT2D eigenvalue weighted by Gasteiger charge is -2.32. The summed E-state index contributed by atoms with van der Waals surface area (Å²) < 4.78 is 46.8. The second kappa shape index (κ2) is 8.07. The van der Waals surface area contributed by atoms with Crippen LogP contribution in [0.4, 0.5) is 18.0 Å². The highest BCUT2D eigenvalue weighted by molar-refractivity contribution is 5.74. The number of benzene rings is 1. The molecule has 2 amide bonds. The van der Waals surface area contributed by atoms with E-state index in [0.717, 1.165) is 6.07 Å². The van der Waals surface area contributed by atoms with Crippen molar-refractivity contribution in [2.45, 2.75) is 44.1 Å². The fourth-order valence-corrected chi connectivity index (χ4v) is 3.60. The van der Waals surface area contributed by atoms with Crippen LogP contribution in [0, 0.1) is 23.1 Å². The number of halogens is 3. The number of alkyl halides is 2. The number of amides is 2. The average molecular weight is 381 g/mol. The Labute approximate surface area is 156 Å². The molecule has 27 heavy (non-hydrogen) atoms. The van der Waals surface area contributed by atoms with E-state index in [-0.39, 0.29) is 36.4 Å². The van der Waals surface area contributed by atoms with Gasteiger partial charge in [0.25, 0.3) is 5.92 Å². The highest BCUT2D eigenvalue weighted by Gasteiger charge is 2.43. The van der Waals surface area contributed by atoms with E-state index in [4.69, 9.17) is 10.00 Å². The Balaban J connectivity index is 1.44. The van der Waals surface area contributed by atoms with Gasteiger partial charge in [-0.25, -0.2) is 18.0 Å². The Hall–Kier alpha value is -2.43. The second-order valence-corrected chi connectivity index (χ2v) is 7.10. The molecule has 5 nitrogen and oxygen atoms in total. The van der Waals surface area contributed by atoms with Crippen LogP contribution in [0.1, 0.15) is 37.7 Å². The van der Waals surface area contributed by atoms with Crippen molar-refractivity contribution in [3.63, 3.8) is 0 Å². The molecule has 2 fully saturated rings. The Bertz CT molecular complexity index is 727. The van der Waals surface area contributed by atoms with Gasteiger partial charge < -0.3 is 15.0 Å². The molecular formula is C19H22F3N3O2. The Kier molecular flexibility index (Phi) is 5.78. The zero-order chi connectivity index (χ0) is 19.4. The number of rotatable bonds is 4. The van der Waals surface area contributed by atoms with Gasteiger partial charge in [-0.1, -0.05) is 0 Å². The number of piperidine rings is 1. The topological polar surface area (TPSA) is 65.4 Å². The molecule has 1 heterocycles. The summed E-state index contributed by atoms with van der Waals surface area (Å²) in [5, 5.41) is 11.4. The van der Waals surface area contributed by atoms with Crippen LogP contribution in [0.5, 0.6) is 5.75 Å². The number of carbonyl (C=O) groups excluding carboxylic acids is 1. The van der Waals surface area contributed by atoms with Gasteiger partial charge in [-0.2, -0.15) is 5.26 Å². The van der Waals surface area contributed by atoms with Crippen molar-refractivity contribution in [3.8, 4) is 11.8 Å². The zero-order valence-corrected chi connectivity index (χ0v) is 14.9. The highest BCUT2D eigenvalue weighted by atomic mass is 19.3. The largest absolute Gasteiger partial charge is 0.487 e. The number of hydrogen-bond donors (Lipinski definition) is 1. The molecule has 1 atom stereocenters. The number of nitrogens with one attached hydrogen (secondary N) is 1. The molecule has 1 saturated heterocycles. The van der Waals surface area contributed by atoms with Crippen LogP contribution >= 0.6 is 0 Å². The average Bonchev–Trinajstić information content (AvgIpc) is 3.00. The smallest absolute Gasteiger partial charge is 0.317 e. The Morgan fingerprint density at radius 3 is 2.67 bits per heavy atom. The number of carbonyl (C=O) groups is 1. The number of likely N-dealkylation sites (tertiary alicyclic amines) is 1. The fourth-order valence-electron chi connectivity index (χ4n) is 3.60. The first-order chi connectivity index (χ1) is 12.9. The summed E-state index contributed by atoms with van der Waals surface area (Å²) in [6.45, 7) is 0.809. The molecule has 0 bridgehead atoms. The van der Waals surface area contributed by atoms with E-state index in [2.05, 4.69) is 5.32 Å². The number of hydrogen-bond acceptors (Lipinski definition) is 3. The lowest BCUT2D eigenvalue weighted by atomic mass is 10.1. The Morgan fingerprint density at radius 1 is 1.33 bits per heavy atom. The number of ether oxygens (including phenoxy) is 1. The number of nitriles is 1. The standard InChI is InChI=1S/C19H22F3N3O2/c20-16-10-13(11-23)3-4-17(16)27-15-5-8-25(9-6-15)18(26)24-12-14-2-1-7-19(14,21)22/h3-4,10,14-15H,1-2,5-9,12H2,(H,24,26). The van der Waals surface area contributed by atoms with Crippen molar-refractivity contribution in [1.29, 1.82) is 5.26 Å². The van der Waals surface area contributed by atoms with Gasteiger partial charge in [-0.15, -0.1) is 0 Å². The third kappa shape index (κ3) is 4.65. The zero-order valence-electron chi connectivity index (χ0n) is 14.9. The minimum absolute atomic E-state index is 0.0152. The van der Waals surface area contributed by atoms with Crippen LogP contribution in [0.2, 0.25) is 0 Å². The van der Waals surface area contributed by atoms with Crippen molar-refractivity contribution in [3.05, 3.63) is 29.6 Å². The molecule has 1 unspecified atom stereocenters. The Morgan fingerprint density at radius 2 is 2.07 bits per heavy atom. The maximum atomic E-state index is 13.9. The van der Waals surface area contributed by atoms with Crippen LogP contribution in [0.15, 0.2) is 18.2 Å². The van der Waals surface area contributed by atoms with Crippen molar-refractivity contribution >= 4 is 6.03 Å². The molecule has 8 heteroatoms. The fraction of sp³-hybridized carbons (Fsp3) is 0.579. The molecule has 1 aromatic carbocycles. The van der Waals surface area contributed by atoms with Gasteiger partial charge in [-0.05, 0) is 31.0 Å². The van der Waals surface area contributed by atoms with E-state index < -0.39 is 17.7 Å². The monoisotopic (exact) mass is 381 g/mol. The van der Waals surface area contributed by atoms with Crippen molar-refractivity contribution < 1.29 is 22.7 Å². The number of urea groups is 1. The molecule has 0 spiro atoms. The van der Waals surface area contributed by atoms with Gasteiger partial charge in [0.1, 0.15) is 6.10 Å². The maximum absolute atomic E-state index is 13.9. The summed E-state index contributed by atoms with van der Waals surface area (Å²) in [7, 11) is 0. The van der Waals surface area contributed by atoms with E-state index in [1.165, 1.54) is 12.1 Å². The third-order valence-corrected chi connectivity index (χ3v) is 5.24. The van der Waals surface area contributed by atoms with Crippen LogP contribution in [0.25, 0.3) is 0 Å². The lowest BCUT2D eigenvalue weighted by molar-refractivity contribution is -0.0352. The van der Waals surface area contributed by atoms with Gasteiger partial charge in [-0.3, -0.25) is 0 Å². The first kappa shape index (κ1) is 19.3. The van der Waals surface area contributed by atoms with Crippen molar-refractivity contribution in [1.82, 2.24) is 10.2 Å². The van der Waals surface area contributed by atoms with E-state index in [1.54, 1.807) is 4.90 Å². The van der Waals surface area contributed by atoms with E-state index in [0.29, 0.717) is 38.8 Å². The van der Waals surface area contributed by atoms with E-state index >= 15 is 0 Å². The van der Waals surface area contributed by atoms with Gasteiger partial charge in [0.05, 0.1) is 11.6 Å². The predicted molar refractivity (Wildman–Crippen MR) is 92.0 cm³/mol. The summed E-state index contributed by atoms with van der Waals surface area (Å²) >= 11 is 0. The predicted octanol–water partition coefficient (Wildman–Crippen LogP) is 3.69. The maximum Gasteiger partial charge on any atom is 0.317 e. The molecule has 146 valence electrons. The summed E-state index contributed by atoms with van der Waals surface area (Å²) in [5.74, 6) is -3.99. The lowest BCUT2D eigenvalue weighted by Crippen LogP contribution is -2.48. The second-order valence-electron chi connectivity index (χ2n) is 7.10. The molecule has 0 aromatic heterocycles. The van der Waals surface area contributed by atoms with Crippen LogP contribution in [-0.2, 0) is 0 Å². The van der Waals surface area contributed by atoms with Gasteiger partial charge in [0.15, 0.2) is 11.6 Å². The SMILES string of the molecule is N#Cc1ccc(OC2CCN(C(=O)NCC3CCCC3(F)F)CC2)c(F)c1. The molecule has 1 N–H and O–H groups in total. The van der Waals surface area contributed by atoms with Gasteiger partial charge in [0.2, 0.25) is 0 Å². The van der Waals surface area contributed by atoms with Crippen molar-refractivity contribution in [2.24, 2.45) is 5.92 Å². The first-order valence-electron chi connectivity index (χ1n) is 9.16. The molecule has 1 aliphatic carbocycles. The molecular weight excluding hydrogens is 359 g/mol. The number of nitrogens with zero attached hydrogens (tertiary/aromatic N) is 2. The van der Waals surface area contributed by atoms with Crippen LogP contribution < -0.4 is 10.1 Å². The normalized spacial score (nSPS) is 22.3. The molecule has 3 rings (SSSR count). The molecule has 1 saturated carbocycles. The minimum Gasteiger partial charge on any atom is -0.487 e. The highest BCUT2D eigenvalue weighted by Crippen LogP contribution is 2.39. The van der Waals surface area contributed by atoms with Gasteiger partial charge in [0, 0.05) is 44.8 Å².